The molecule has 1 aromatic heterocycles. The van der Waals surface area contributed by atoms with Gasteiger partial charge in [0.25, 0.3) is 0 Å². The Morgan fingerprint density at radius 1 is 0.893 bits per heavy atom. The molecule has 0 spiro atoms. The summed E-state index contributed by atoms with van der Waals surface area (Å²) in [5.74, 6) is 0.192. The Hall–Kier alpha value is -2.04. The smallest absolute Gasteiger partial charge is 0.225 e. The molecule has 10 heteroatoms. The summed E-state index contributed by atoms with van der Waals surface area (Å²) in [6, 6.07) is 9.33. The van der Waals surface area contributed by atoms with Crippen LogP contribution < -0.4 is 4.90 Å². The van der Waals surface area contributed by atoms with Gasteiger partial charge in [-0.15, -0.1) is 0 Å². The van der Waals surface area contributed by atoms with E-state index in [1.807, 2.05) is 9.80 Å². The Kier molecular flexibility index (Phi) is 5.11. The number of sulfone groups is 2. The van der Waals surface area contributed by atoms with Gasteiger partial charge in [-0.05, 0) is 18.2 Å². The van der Waals surface area contributed by atoms with Crippen LogP contribution in [0.3, 0.4) is 0 Å². The Morgan fingerprint density at radius 2 is 1.54 bits per heavy atom. The number of rotatable bonds is 4. The van der Waals surface area contributed by atoms with Crippen LogP contribution in [0.5, 0.6) is 0 Å². The van der Waals surface area contributed by atoms with Crippen molar-refractivity contribution in [1.29, 1.82) is 0 Å². The third-order valence-electron chi connectivity index (χ3n) is 5.36. The molecule has 2 aromatic rings. The zero-order chi connectivity index (χ0) is 19.8. The van der Waals surface area contributed by atoms with Gasteiger partial charge in [-0.2, -0.15) is 0 Å². The lowest BCUT2D eigenvalue weighted by molar-refractivity contribution is 0.201. The van der Waals surface area contributed by atoms with Crippen molar-refractivity contribution < 1.29 is 16.8 Å². The molecule has 2 aliphatic heterocycles. The average molecular weight is 423 g/mol. The molecule has 150 valence electrons. The molecule has 2 unspecified atom stereocenters. The van der Waals surface area contributed by atoms with Gasteiger partial charge in [0.2, 0.25) is 5.95 Å². The number of anilines is 1. The molecular weight excluding hydrogens is 400 g/mol. The predicted octanol–water partition coefficient (Wildman–Crippen LogP) is 0.238. The maximum Gasteiger partial charge on any atom is 0.225 e. The molecule has 2 saturated heterocycles. The summed E-state index contributed by atoms with van der Waals surface area (Å²) >= 11 is 0. The van der Waals surface area contributed by atoms with Crippen LogP contribution in [0.4, 0.5) is 5.95 Å². The summed E-state index contributed by atoms with van der Waals surface area (Å²) in [5.41, 5.74) is 0. The lowest BCUT2D eigenvalue weighted by Gasteiger charge is -2.39. The highest BCUT2D eigenvalue weighted by Crippen LogP contribution is 2.29. The van der Waals surface area contributed by atoms with Crippen LogP contribution >= 0.6 is 0 Å². The molecule has 0 bridgehead atoms. The van der Waals surface area contributed by atoms with Crippen molar-refractivity contribution in [1.82, 2.24) is 14.9 Å². The zero-order valence-corrected chi connectivity index (χ0v) is 16.9. The van der Waals surface area contributed by atoms with Gasteiger partial charge in [-0.1, -0.05) is 18.2 Å². The standard InChI is InChI=1S/C18H22N4O4S2/c23-27(24)13-16(17(14-27)28(25,26)15-5-2-1-3-6-15)21-9-11-22(12-10-21)18-19-7-4-8-20-18/h1-8,16-17H,9-14H2. The van der Waals surface area contributed by atoms with Gasteiger partial charge in [0.15, 0.2) is 19.7 Å². The SMILES string of the molecule is O=S1(=O)CC(N2CCN(c3ncccn3)CC2)C(S(=O)(=O)c2ccccc2)C1. The average Bonchev–Trinajstić information content (AvgIpc) is 3.06. The van der Waals surface area contributed by atoms with Crippen LogP contribution in [-0.2, 0) is 19.7 Å². The van der Waals surface area contributed by atoms with Crippen LogP contribution in [0.15, 0.2) is 53.7 Å². The van der Waals surface area contributed by atoms with Gasteiger partial charge in [0.05, 0.1) is 21.7 Å². The van der Waals surface area contributed by atoms with Crippen molar-refractivity contribution in [3.8, 4) is 0 Å². The number of nitrogens with zero attached hydrogens (tertiary/aromatic N) is 4. The first kappa shape index (κ1) is 19.3. The van der Waals surface area contributed by atoms with Gasteiger partial charge in [-0.25, -0.2) is 26.8 Å². The molecule has 1 aromatic carbocycles. The molecule has 0 aliphatic carbocycles. The topological polar surface area (TPSA) is 101 Å². The zero-order valence-electron chi connectivity index (χ0n) is 15.3. The second-order valence-electron chi connectivity index (χ2n) is 7.11. The largest absolute Gasteiger partial charge is 0.338 e. The predicted molar refractivity (Wildman–Crippen MR) is 106 cm³/mol. The molecular formula is C18H22N4O4S2. The van der Waals surface area contributed by atoms with Crippen molar-refractivity contribution in [3.63, 3.8) is 0 Å². The fraction of sp³-hybridized carbons (Fsp3) is 0.444. The van der Waals surface area contributed by atoms with Gasteiger partial charge in [-0.3, -0.25) is 4.90 Å². The lowest BCUT2D eigenvalue weighted by Crippen LogP contribution is -2.55. The van der Waals surface area contributed by atoms with Crippen LogP contribution in [0.1, 0.15) is 0 Å². The van der Waals surface area contributed by atoms with Crippen LogP contribution in [0.2, 0.25) is 0 Å². The lowest BCUT2D eigenvalue weighted by atomic mass is 10.2. The number of piperazine rings is 1. The van der Waals surface area contributed by atoms with E-state index >= 15 is 0 Å². The van der Waals surface area contributed by atoms with Crippen molar-refractivity contribution >= 4 is 25.6 Å². The molecule has 2 atom stereocenters. The Labute approximate surface area is 165 Å². The maximum absolute atomic E-state index is 13.1. The summed E-state index contributed by atoms with van der Waals surface area (Å²) in [5, 5.41) is -0.945. The molecule has 2 aliphatic rings. The molecule has 0 N–H and O–H groups in total. The van der Waals surface area contributed by atoms with E-state index in [-0.39, 0.29) is 16.4 Å². The number of benzene rings is 1. The molecule has 8 nitrogen and oxygen atoms in total. The first-order valence-corrected chi connectivity index (χ1v) is 12.5. The Morgan fingerprint density at radius 3 is 2.18 bits per heavy atom. The van der Waals surface area contributed by atoms with E-state index in [0.717, 1.165) is 0 Å². The second kappa shape index (κ2) is 7.41. The number of aromatic nitrogens is 2. The quantitative estimate of drug-likeness (QED) is 0.691. The van der Waals surface area contributed by atoms with Crippen molar-refractivity contribution in [2.75, 3.05) is 42.6 Å². The van der Waals surface area contributed by atoms with Crippen molar-refractivity contribution in [3.05, 3.63) is 48.8 Å². The van der Waals surface area contributed by atoms with E-state index in [4.69, 9.17) is 0 Å². The van der Waals surface area contributed by atoms with Gasteiger partial charge >= 0.3 is 0 Å². The molecule has 0 radical (unpaired) electrons. The fourth-order valence-electron chi connectivity index (χ4n) is 3.93. The summed E-state index contributed by atoms with van der Waals surface area (Å²) in [6.07, 6.45) is 3.36. The Balaban J connectivity index is 1.55. The highest BCUT2D eigenvalue weighted by Gasteiger charge is 2.48. The summed E-state index contributed by atoms with van der Waals surface area (Å²) in [4.78, 5) is 12.7. The molecule has 4 rings (SSSR count). The minimum Gasteiger partial charge on any atom is -0.338 e. The van der Waals surface area contributed by atoms with E-state index in [9.17, 15) is 16.8 Å². The van der Waals surface area contributed by atoms with E-state index in [0.29, 0.717) is 32.1 Å². The summed E-state index contributed by atoms with van der Waals surface area (Å²) < 4.78 is 51.0. The first-order chi connectivity index (χ1) is 13.4. The van der Waals surface area contributed by atoms with E-state index in [2.05, 4.69) is 9.97 Å². The van der Waals surface area contributed by atoms with Crippen LogP contribution in [0, 0.1) is 0 Å². The minimum atomic E-state index is -3.73. The first-order valence-electron chi connectivity index (χ1n) is 9.12. The summed E-state index contributed by atoms with van der Waals surface area (Å²) in [7, 11) is -7.14. The van der Waals surface area contributed by atoms with E-state index in [1.54, 1.807) is 36.7 Å². The van der Waals surface area contributed by atoms with Crippen LogP contribution in [0.25, 0.3) is 0 Å². The molecule has 0 amide bonds. The van der Waals surface area contributed by atoms with E-state index < -0.39 is 31.0 Å². The fourth-order valence-corrected chi connectivity index (χ4v) is 8.78. The molecule has 2 fully saturated rings. The number of hydrogen-bond acceptors (Lipinski definition) is 8. The third kappa shape index (κ3) is 3.76. The number of hydrogen-bond donors (Lipinski definition) is 0. The Bertz CT molecular complexity index is 1020. The highest BCUT2D eigenvalue weighted by molar-refractivity contribution is 7.96. The normalized spacial score (nSPS) is 25.6. The maximum atomic E-state index is 13.1. The summed E-state index contributed by atoms with van der Waals surface area (Å²) in [6.45, 7) is 2.38. The van der Waals surface area contributed by atoms with Crippen molar-refractivity contribution in [2.24, 2.45) is 0 Å². The monoisotopic (exact) mass is 422 g/mol. The highest BCUT2D eigenvalue weighted by atomic mass is 32.2. The van der Waals surface area contributed by atoms with Crippen molar-refractivity contribution in [2.45, 2.75) is 16.2 Å². The van der Waals surface area contributed by atoms with Gasteiger partial charge in [0, 0.05) is 44.6 Å². The van der Waals surface area contributed by atoms with Gasteiger partial charge < -0.3 is 4.90 Å². The minimum absolute atomic E-state index is 0.119. The molecule has 28 heavy (non-hydrogen) atoms. The van der Waals surface area contributed by atoms with Gasteiger partial charge in [0.1, 0.15) is 0 Å². The third-order valence-corrected chi connectivity index (χ3v) is 9.50. The second-order valence-corrected chi connectivity index (χ2v) is 11.4. The molecule has 0 saturated carbocycles. The van der Waals surface area contributed by atoms with E-state index in [1.165, 1.54) is 12.1 Å². The van der Waals surface area contributed by atoms with Crippen LogP contribution in [-0.4, -0.2) is 80.7 Å². The molecule has 3 heterocycles.